The van der Waals surface area contributed by atoms with Crippen molar-refractivity contribution in [2.45, 2.75) is 12.0 Å². The van der Waals surface area contributed by atoms with E-state index >= 15 is 0 Å². The molecule has 2 amide bonds. The monoisotopic (exact) mass is 586 g/mol. The van der Waals surface area contributed by atoms with Crippen molar-refractivity contribution in [1.82, 2.24) is 5.32 Å². The van der Waals surface area contributed by atoms with E-state index in [1.54, 1.807) is 6.07 Å². The van der Waals surface area contributed by atoms with Crippen LogP contribution < -0.4 is 10.6 Å². The van der Waals surface area contributed by atoms with E-state index in [0.717, 1.165) is 22.3 Å². The van der Waals surface area contributed by atoms with Crippen molar-refractivity contribution in [2.75, 3.05) is 25.6 Å². The number of fused-ring (bicyclic) bond motifs is 3. The first-order valence-corrected chi connectivity index (χ1v) is 11.9. The zero-order valence-corrected chi connectivity index (χ0v) is 20.9. The van der Waals surface area contributed by atoms with Crippen LogP contribution in [0.15, 0.2) is 66.7 Å². The average molecular weight is 586 g/mol. The summed E-state index contributed by atoms with van der Waals surface area (Å²) in [6.45, 7) is 0.0405. The summed E-state index contributed by atoms with van der Waals surface area (Å²) >= 11 is 1.97. The number of anilines is 1. The highest BCUT2D eigenvalue weighted by Gasteiger charge is 2.29. The number of carbonyl (C=O) groups excluding carboxylic acids is 2. The number of amides is 2. The topological polar surface area (TPSA) is 114 Å². The largest absolute Gasteiger partial charge is 0.478 e. The number of methoxy groups -OCH3 is 1. The van der Waals surface area contributed by atoms with Crippen molar-refractivity contribution in [3.05, 3.63) is 87.0 Å². The van der Waals surface area contributed by atoms with Crippen molar-refractivity contribution in [3.8, 4) is 11.1 Å². The van der Waals surface area contributed by atoms with Gasteiger partial charge in [-0.05, 0) is 63.0 Å². The zero-order chi connectivity index (χ0) is 24.9. The highest BCUT2D eigenvalue weighted by Crippen LogP contribution is 2.44. The molecule has 1 unspecified atom stereocenters. The van der Waals surface area contributed by atoms with E-state index in [2.05, 4.69) is 22.8 Å². The maximum Gasteiger partial charge on any atom is 0.407 e. The SMILES string of the molecule is COC(CNC(=O)OCC1c2ccccc2-c2ccccc21)C(=O)Nc1cc(I)cc(C(=O)O)c1. The molecule has 8 nitrogen and oxygen atoms in total. The van der Waals surface area contributed by atoms with Crippen molar-refractivity contribution in [3.63, 3.8) is 0 Å². The first-order chi connectivity index (χ1) is 16.9. The molecular formula is C26H23IN2O6. The van der Waals surface area contributed by atoms with Crippen LogP contribution in [0.1, 0.15) is 27.4 Å². The summed E-state index contributed by atoms with van der Waals surface area (Å²) in [5, 5.41) is 14.4. The number of carbonyl (C=O) groups is 3. The third-order valence-corrected chi connectivity index (χ3v) is 6.39. The standard InChI is InChI=1S/C26H23IN2O6/c1-34-23(24(30)29-17-11-15(25(31)32)10-16(27)12-17)13-28-26(33)35-14-22-20-8-4-2-6-18(20)19-7-3-5-9-21(19)22/h2-12,22-23H,13-14H2,1H3,(H,28,33)(H,29,30)(H,31,32). The van der Waals surface area contributed by atoms with Crippen molar-refractivity contribution < 1.29 is 29.0 Å². The first-order valence-electron chi connectivity index (χ1n) is 10.8. The minimum Gasteiger partial charge on any atom is -0.478 e. The van der Waals surface area contributed by atoms with Gasteiger partial charge in [0.05, 0.1) is 12.1 Å². The lowest BCUT2D eigenvalue weighted by molar-refractivity contribution is -0.125. The molecule has 3 aromatic carbocycles. The van der Waals surface area contributed by atoms with Gasteiger partial charge in [-0.1, -0.05) is 48.5 Å². The van der Waals surface area contributed by atoms with Gasteiger partial charge < -0.3 is 25.2 Å². The summed E-state index contributed by atoms with van der Waals surface area (Å²) in [6.07, 6.45) is -1.66. The predicted octanol–water partition coefficient (Wildman–Crippen LogP) is 4.48. The Labute approximate surface area is 215 Å². The van der Waals surface area contributed by atoms with E-state index < -0.39 is 24.1 Å². The van der Waals surface area contributed by atoms with Crippen LogP contribution in [-0.2, 0) is 14.3 Å². The number of hydrogen-bond acceptors (Lipinski definition) is 5. The first kappa shape index (κ1) is 24.7. The fourth-order valence-electron chi connectivity index (χ4n) is 4.12. The van der Waals surface area contributed by atoms with Gasteiger partial charge in [0.25, 0.3) is 5.91 Å². The molecule has 1 aliphatic carbocycles. The second kappa shape index (κ2) is 10.9. The Kier molecular flexibility index (Phi) is 7.67. The minimum atomic E-state index is -1.10. The summed E-state index contributed by atoms with van der Waals surface area (Å²) in [5.74, 6) is -1.69. The molecule has 0 saturated heterocycles. The maximum absolute atomic E-state index is 12.6. The summed E-state index contributed by atoms with van der Waals surface area (Å²) < 4.78 is 11.4. The van der Waals surface area contributed by atoms with E-state index in [9.17, 15) is 19.5 Å². The molecule has 180 valence electrons. The number of nitrogens with one attached hydrogen (secondary N) is 2. The van der Waals surface area contributed by atoms with Crippen molar-refractivity contribution in [1.29, 1.82) is 0 Å². The van der Waals surface area contributed by atoms with Crippen LogP contribution in [0.3, 0.4) is 0 Å². The Morgan fingerprint density at radius 3 is 2.23 bits per heavy atom. The molecule has 1 aliphatic rings. The van der Waals surface area contributed by atoms with Gasteiger partial charge in [0.1, 0.15) is 6.61 Å². The van der Waals surface area contributed by atoms with Gasteiger partial charge in [0.15, 0.2) is 6.10 Å². The third-order valence-electron chi connectivity index (χ3n) is 5.76. The number of benzene rings is 3. The number of ether oxygens (including phenoxy) is 2. The fourth-order valence-corrected chi connectivity index (χ4v) is 4.79. The van der Waals surface area contributed by atoms with Gasteiger partial charge in [-0.2, -0.15) is 0 Å². The molecule has 3 N–H and O–H groups in total. The summed E-state index contributed by atoms with van der Waals surface area (Å²) in [5.41, 5.74) is 4.85. The Morgan fingerprint density at radius 2 is 1.63 bits per heavy atom. The predicted molar refractivity (Wildman–Crippen MR) is 139 cm³/mol. The molecule has 4 rings (SSSR count). The molecule has 0 spiro atoms. The number of rotatable bonds is 8. The van der Waals surface area contributed by atoms with Crippen molar-refractivity contribution in [2.24, 2.45) is 0 Å². The fraction of sp³-hybridized carbons (Fsp3) is 0.192. The lowest BCUT2D eigenvalue weighted by Crippen LogP contribution is -2.41. The van der Waals surface area contributed by atoms with Gasteiger partial charge in [0, 0.05) is 22.3 Å². The van der Waals surface area contributed by atoms with Crippen LogP contribution in [-0.4, -0.2) is 49.4 Å². The van der Waals surface area contributed by atoms with Gasteiger partial charge in [-0.15, -0.1) is 0 Å². The van der Waals surface area contributed by atoms with Gasteiger partial charge in [-0.25, -0.2) is 9.59 Å². The second-order valence-corrected chi connectivity index (χ2v) is 9.20. The number of aromatic carboxylic acids is 1. The molecule has 1 atom stereocenters. The molecule has 0 saturated carbocycles. The van der Waals surface area contributed by atoms with Gasteiger partial charge in [0.2, 0.25) is 0 Å². The van der Waals surface area contributed by atoms with Crippen LogP contribution in [0, 0.1) is 3.57 Å². The summed E-state index contributed by atoms with van der Waals surface area (Å²) in [4.78, 5) is 36.3. The molecule has 0 aromatic heterocycles. The minimum absolute atomic E-state index is 0.0536. The van der Waals surface area contributed by atoms with E-state index in [4.69, 9.17) is 9.47 Å². The molecule has 0 bridgehead atoms. The number of carboxylic acid groups (broad SMARTS) is 1. The average Bonchev–Trinajstić information content (AvgIpc) is 3.16. The Hall–Kier alpha value is -3.44. The number of carboxylic acids is 1. The molecule has 0 heterocycles. The maximum atomic E-state index is 12.6. The highest BCUT2D eigenvalue weighted by atomic mass is 127. The third kappa shape index (κ3) is 5.63. The van der Waals surface area contributed by atoms with Crippen LogP contribution >= 0.6 is 22.6 Å². The Morgan fingerprint density at radius 1 is 1.00 bits per heavy atom. The second-order valence-electron chi connectivity index (χ2n) is 7.95. The summed E-state index contributed by atoms with van der Waals surface area (Å²) in [7, 11) is 1.35. The smallest absolute Gasteiger partial charge is 0.407 e. The van der Waals surface area contributed by atoms with Crippen LogP contribution in [0.25, 0.3) is 11.1 Å². The lowest BCUT2D eigenvalue weighted by Gasteiger charge is -2.18. The van der Waals surface area contributed by atoms with Crippen molar-refractivity contribution >= 4 is 46.2 Å². The highest BCUT2D eigenvalue weighted by molar-refractivity contribution is 14.1. The van der Waals surface area contributed by atoms with E-state index in [0.29, 0.717) is 9.26 Å². The van der Waals surface area contributed by atoms with Crippen LogP contribution in [0.2, 0.25) is 0 Å². The Bertz CT molecular complexity index is 1230. The van der Waals surface area contributed by atoms with E-state index in [1.165, 1.54) is 19.2 Å². The molecule has 0 aliphatic heterocycles. The molecule has 35 heavy (non-hydrogen) atoms. The van der Waals surface area contributed by atoms with Crippen LogP contribution in [0.5, 0.6) is 0 Å². The Balaban J connectivity index is 1.33. The zero-order valence-electron chi connectivity index (χ0n) is 18.8. The normalized spacial score (nSPS) is 12.9. The molecular weight excluding hydrogens is 563 g/mol. The number of alkyl carbamates (subject to hydrolysis) is 1. The summed E-state index contributed by atoms with van der Waals surface area (Å²) in [6, 6.07) is 20.6. The van der Waals surface area contributed by atoms with Crippen LogP contribution in [0.4, 0.5) is 10.5 Å². The molecule has 0 radical (unpaired) electrons. The molecule has 9 heteroatoms. The van der Waals surface area contributed by atoms with Gasteiger partial charge >= 0.3 is 12.1 Å². The van der Waals surface area contributed by atoms with E-state index in [-0.39, 0.29) is 24.6 Å². The molecule has 0 fully saturated rings. The number of halogens is 1. The van der Waals surface area contributed by atoms with E-state index in [1.807, 2.05) is 59.0 Å². The molecule has 3 aromatic rings. The quantitative estimate of drug-likeness (QED) is 0.336. The van der Waals surface area contributed by atoms with Gasteiger partial charge in [-0.3, -0.25) is 4.79 Å². The number of hydrogen-bond donors (Lipinski definition) is 3. The lowest BCUT2D eigenvalue weighted by atomic mass is 9.98.